The van der Waals surface area contributed by atoms with Crippen molar-refractivity contribution in [2.24, 2.45) is 7.05 Å². The van der Waals surface area contributed by atoms with Crippen molar-refractivity contribution in [3.05, 3.63) is 42.1 Å². The number of likely N-dealkylation sites (tertiary alicyclic amines) is 1. The molecule has 2 saturated heterocycles. The number of rotatable bonds is 4. The fourth-order valence-electron chi connectivity index (χ4n) is 3.95. The van der Waals surface area contributed by atoms with Crippen molar-refractivity contribution in [2.75, 3.05) is 31.6 Å². The SMILES string of the molecule is COc1nn(C)cc1C(=O)N1CCC(N2CC(=O)N(c3ccccc3)C2=O)CC1. The Bertz CT molecular complexity index is 934. The van der Waals surface area contributed by atoms with Gasteiger partial charge in [-0.15, -0.1) is 5.10 Å². The minimum absolute atomic E-state index is 0.0694. The molecule has 0 radical (unpaired) electrons. The van der Waals surface area contributed by atoms with E-state index in [1.54, 1.807) is 52.0 Å². The largest absolute Gasteiger partial charge is 0.479 e. The van der Waals surface area contributed by atoms with Crippen molar-refractivity contribution >= 4 is 23.5 Å². The van der Waals surface area contributed by atoms with Crippen LogP contribution in [0.2, 0.25) is 0 Å². The van der Waals surface area contributed by atoms with Crippen LogP contribution in [0.25, 0.3) is 0 Å². The molecule has 152 valence electrons. The number of piperidine rings is 1. The van der Waals surface area contributed by atoms with E-state index in [1.165, 1.54) is 12.0 Å². The Balaban J connectivity index is 1.41. The number of benzene rings is 1. The lowest BCUT2D eigenvalue weighted by molar-refractivity contribution is -0.116. The van der Waals surface area contributed by atoms with Crippen LogP contribution < -0.4 is 9.64 Å². The van der Waals surface area contributed by atoms with E-state index < -0.39 is 0 Å². The first kappa shape index (κ1) is 19.0. The summed E-state index contributed by atoms with van der Waals surface area (Å²) in [7, 11) is 3.22. The van der Waals surface area contributed by atoms with Gasteiger partial charge in [0.2, 0.25) is 5.88 Å². The summed E-state index contributed by atoms with van der Waals surface area (Å²) in [5.41, 5.74) is 1.01. The number of hydrogen-bond donors (Lipinski definition) is 0. The molecule has 4 rings (SSSR count). The molecular formula is C20H23N5O4. The second kappa shape index (κ2) is 7.57. The maximum absolute atomic E-state index is 12.9. The van der Waals surface area contributed by atoms with Crippen molar-refractivity contribution in [3.63, 3.8) is 0 Å². The monoisotopic (exact) mass is 397 g/mol. The number of imide groups is 1. The van der Waals surface area contributed by atoms with E-state index in [4.69, 9.17) is 4.74 Å². The molecule has 1 aromatic carbocycles. The summed E-state index contributed by atoms with van der Waals surface area (Å²) in [6.07, 6.45) is 2.89. The quantitative estimate of drug-likeness (QED) is 0.730. The summed E-state index contributed by atoms with van der Waals surface area (Å²) in [4.78, 5) is 42.7. The van der Waals surface area contributed by atoms with Crippen molar-refractivity contribution in [1.29, 1.82) is 0 Å². The second-order valence-electron chi connectivity index (χ2n) is 7.22. The average Bonchev–Trinajstić information content (AvgIpc) is 3.27. The normalized spacial score (nSPS) is 17.9. The minimum Gasteiger partial charge on any atom is -0.479 e. The summed E-state index contributed by atoms with van der Waals surface area (Å²) in [5.74, 6) is -0.0543. The highest BCUT2D eigenvalue weighted by molar-refractivity contribution is 6.19. The molecule has 2 aliphatic rings. The molecule has 4 amide bonds. The summed E-state index contributed by atoms with van der Waals surface area (Å²) in [6.45, 7) is 1.08. The topological polar surface area (TPSA) is 88.0 Å². The van der Waals surface area contributed by atoms with E-state index in [0.717, 1.165) is 0 Å². The summed E-state index contributed by atoms with van der Waals surface area (Å²) in [6, 6.07) is 8.59. The van der Waals surface area contributed by atoms with E-state index in [9.17, 15) is 14.4 Å². The van der Waals surface area contributed by atoms with E-state index in [-0.39, 0.29) is 30.4 Å². The number of anilines is 1. The van der Waals surface area contributed by atoms with Crippen LogP contribution in [0.3, 0.4) is 0 Å². The third-order valence-corrected chi connectivity index (χ3v) is 5.42. The molecule has 0 saturated carbocycles. The fourth-order valence-corrected chi connectivity index (χ4v) is 3.95. The summed E-state index contributed by atoms with van der Waals surface area (Å²) >= 11 is 0. The lowest BCUT2D eigenvalue weighted by Gasteiger charge is -2.36. The Kier molecular flexibility index (Phi) is 4.96. The number of carbonyl (C=O) groups is 3. The number of ether oxygens (including phenoxy) is 1. The molecule has 0 aliphatic carbocycles. The van der Waals surface area contributed by atoms with Crippen molar-refractivity contribution in [3.8, 4) is 5.88 Å². The van der Waals surface area contributed by atoms with Gasteiger partial charge in [0, 0.05) is 32.4 Å². The van der Waals surface area contributed by atoms with Crippen LogP contribution in [0.15, 0.2) is 36.5 Å². The number of para-hydroxylation sites is 1. The predicted octanol–water partition coefficient (Wildman–Crippen LogP) is 1.50. The van der Waals surface area contributed by atoms with Crippen LogP contribution in [0.5, 0.6) is 5.88 Å². The first-order valence-electron chi connectivity index (χ1n) is 9.55. The van der Waals surface area contributed by atoms with Gasteiger partial charge in [0.25, 0.3) is 11.8 Å². The Morgan fingerprint density at radius 2 is 1.83 bits per heavy atom. The summed E-state index contributed by atoms with van der Waals surface area (Å²) < 4.78 is 6.73. The number of urea groups is 1. The van der Waals surface area contributed by atoms with Gasteiger partial charge in [0.1, 0.15) is 12.1 Å². The molecule has 0 atom stereocenters. The molecular weight excluding hydrogens is 374 g/mol. The molecule has 2 aromatic rings. The van der Waals surface area contributed by atoms with E-state index in [2.05, 4.69) is 5.10 Å². The highest BCUT2D eigenvalue weighted by Gasteiger charge is 2.42. The molecule has 0 bridgehead atoms. The number of amides is 4. The van der Waals surface area contributed by atoms with Crippen LogP contribution >= 0.6 is 0 Å². The average molecular weight is 397 g/mol. The molecule has 0 spiro atoms. The van der Waals surface area contributed by atoms with Gasteiger partial charge >= 0.3 is 6.03 Å². The predicted molar refractivity (Wildman–Crippen MR) is 105 cm³/mol. The number of hydrogen-bond acceptors (Lipinski definition) is 5. The number of aromatic nitrogens is 2. The first-order chi connectivity index (χ1) is 14.0. The van der Waals surface area contributed by atoms with Gasteiger partial charge in [-0.3, -0.25) is 14.3 Å². The molecule has 9 nitrogen and oxygen atoms in total. The van der Waals surface area contributed by atoms with Gasteiger partial charge < -0.3 is 14.5 Å². The van der Waals surface area contributed by atoms with Crippen LogP contribution in [-0.4, -0.2) is 70.2 Å². The maximum Gasteiger partial charge on any atom is 0.332 e. The molecule has 29 heavy (non-hydrogen) atoms. The van der Waals surface area contributed by atoms with Crippen LogP contribution in [0.4, 0.5) is 10.5 Å². The molecule has 2 fully saturated rings. The lowest BCUT2D eigenvalue weighted by Crippen LogP contribution is -2.48. The third-order valence-electron chi connectivity index (χ3n) is 5.42. The van der Waals surface area contributed by atoms with E-state index >= 15 is 0 Å². The standard InChI is InChI=1S/C20H23N5O4/c1-22-12-16(18(21-22)29-2)19(27)23-10-8-14(9-11-23)24-13-17(26)25(20(24)28)15-6-4-3-5-7-15/h3-7,12,14H,8-11,13H2,1-2H3. The van der Waals surface area contributed by atoms with Crippen LogP contribution in [-0.2, 0) is 11.8 Å². The Morgan fingerprint density at radius 3 is 2.48 bits per heavy atom. The molecule has 9 heteroatoms. The van der Waals surface area contributed by atoms with Gasteiger partial charge in [-0.1, -0.05) is 18.2 Å². The van der Waals surface area contributed by atoms with Gasteiger partial charge in [0.05, 0.1) is 12.8 Å². The molecule has 2 aliphatic heterocycles. The fraction of sp³-hybridized carbons (Fsp3) is 0.400. The maximum atomic E-state index is 12.9. The second-order valence-corrected chi connectivity index (χ2v) is 7.22. The van der Waals surface area contributed by atoms with Gasteiger partial charge in [-0.05, 0) is 25.0 Å². The minimum atomic E-state index is -0.292. The Morgan fingerprint density at radius 1 is 1.14 bits per heavy atom. The Hall–Kier alpha value is -3.36. The number of methoxy groups -OCH3 is 1. The number of carbonyl (C=O) groups excluding carboxylic acids is 3. The van der Waals surface area contributed by atoms with E-state index in [1.807, 2.05) is 6.07 Å². The van der Waals surface area contributed by atoms with Crippen LogP contribution in [0.1, 0.15) is 23.2 Å². The zero-order chi connectivity index (χ0) is 20.5. The first-order valence-corrected chi connectivity index (χ1v) is 9.55. The van der Waals surface area contributed by atoms with Crippen LogP contribution in [0, 0.1) is 0 Å². The van der Waals surface area contributed by atoms with E-state index in [0.29, 0.717) is 43.1 Å². The molecule has 3 heterocycles. The van der Waals surface area contributed by atoms with Crippen molar-refractivity contribution in [2.45, 2.75) is 18.9 Å². The summed E-state index contributed by atoms with van der Waals surface area (Å²) in [5, 5.41) is 4.13. The lowest BCUT2D eigenvalue weighted by atomic mass is 10.0. The van der Waals surface area contributed by atoms with Crippen molar-refractivity contribution < 1.29 is 19.1 Å². The third kappa shape index (κ3) is 3.43. The molecule has 0 N–H and O–H groups in total. The molecule has 1 aromatic heterocycles. The van der Waals surface area contributed by atoms with Crippen molar-refractivity contribution in [1.82, 2.24) is 19.6 Å². The van der Waals surface area contributed by atoms with Gasteiger partial charge in [-0.25, -0.2) is 9.69 Å². The van der Waals surface area contributed by atoms with Gasteiger partial charge in [-0.2, -0.15) is 0 Å². The molecule has 0 unspecified atom stereocenters. The Labute approximate surface area is 168 Å². The number of aryl methyl sites for hydroxylation is 1. The zero-order valence-corrected chi connectivity index (χ0v) is 16.4. The highest BCUT2D eigenvalue weighted by atomic mass is 16.5. The number of nitrogens with zero attached hydrogens (tertiary/aromatic N) is 5. The smallest absolute Gasteiger partial charge is 0.332 e. The zero-order valence-electron chi connectivity index (χ0n) is 16.4. The van der Waals surface area contributed by atoms with Gasteiger partial charge in [0.15, 0.2) is 0 Å². The highest BCUT2D eigenvalue weighted by Crippen LogP contribution is 2.27.